The standard InChI is InChI=1S/C20H19F2N3O4S/c1-14-2-5-17(6-3-14)30(26,27)29-16-9-20(28-10-16,11-25-13-23-12-24-25)18-7-4-15(21)8-19(18)22/h2-8,12-13,16H,9-11H2,1H3/t16-,20-/m0/s1. The Hall–Kier alpha value is -2.69. The molecule has 1 aromatic heterocycles. The fourth-order valence-electron chi connectivity index (χ4n) is 3.56. The number of ether oxygens (including phenoxy) is 1. The zero-order chi connectivity index (χ0) is 21.4. The molecule has 1 fully saturated rings. The average molecular weight is 435 g/mol. The summed E-state index contributed by atoms with van der Waals surface area (Å²) in [5.74, 6) is -1.52. The predicted octanol–water partition coefficient (Wildman–Crippen LogP) is 2.95. The van der Waals surface area contributed by atoms with Crippen molar-refractivity contribution in [1.29, 1.82) is 0 Å². The Balaban J connectivity index is 1.62. The predicted molar refractivity (Wildman–Crippen MR) is 102 cm³/mol. The Kier molecular flexibility index (Phi) is 5.39. The van der Waals surface area contributed by atoms with E-state index in [2.05, 4.69) is 10.1 Å². The SMILES string of the molecule is Cc1ccc(S(=O)(=O)O[C@@H]2CO[C@@](Cn3cncn3)(c3ccc(F)cc3F)C2)cc1. The van der Waals surface area contributed by atoms with Gasteiger partial charge in [-0.3, -0.25) is 4.18 Å². The summed E-state index contributed by atoms with van der Waals surface area (Å²) < 4.78 is 66.1. The van der Waals surface area contributed by atoms with Gasteiger partial charge in [-0.15, -0.1) is 0 Å². The fraction of sp³-hybridized carbons (Fsp3) is 0.300. The van der Waals surface area contributed by atoms with Crippen LogP contribution in [-0.4, -0.2) is 35.9 Å². The van der Waals surface area contributed by atoms with Crippen molar-refractivity contribution in [1.82, 2.24) is 14.8 Å². The molecule has 7 nitrogen and oxygen atoms in total. The number of benzene rings is 2. The topological polar surface area (TPSA) is 83.3 Å². The van der Waals surface area contributed by atoms with E-state index in [4.69, 9.17) is 8.92 Å². The minimum Gasteiger partial charge on any atom is -0.365 e. The summed E-state index contributed by atoms with van der Waals surface area (Å²) in [7, 11) is -4.04. The molecule has 2 heterocycles. The molecule has 0 N–H and O–H groups in total. The van der Waals surface area contributed by atoms with Crippen LogP contribution in [0.5, 0.6) is 0 Å². The molecule has 0 bridgehead atoms. The average Bonchev–Trinajstić information content (AvgIpc) is 3.32. The molecule has 0 radical (unpaired) electrons. The summed E-state index contributed by atoms with van der Waals surface area (Å²) >= 11 is 0. The second kappa shape index (κ2) is 7.86. The van der Waals surface area contributed by atoms with Gasteiger partial charge in [-0.1, -0.05) is 23.8 Å². The van der Waals surface area contributed by atoms with E-state index < -0.39 is 33.5 Å². The van der Waals surface area contributed by atoms with Crippen LogP contribution in [0, 0.1) is 18.6 Å². The Morgan fingerprint density at radius 2 is 2.00 bits per heavy atom. The first-order valence-corrected chi connectivity index (χ1v) is 10.6. The number of aryl methyl sites for hydroxylation is 1. The number of hydrogen-bond donors (Lipinski definition) is 0. The van der Waals surface area contributed by atoms with Crippen LogP contribution in [0.4, 0.5) is 8.78 Å². The highest BCUT2D eigenvalue weighted by atomic mass is 32.2. The third-order valence-corrected chi connectivity index (χ3v) is 6.36. The normalized spacial score (nSPS) is 21.8. The van der Waals surface area contributed by atoms with Gasteiger partial charge in [0.2, 0.25) is 0 Å². The zero-order valence-electron chi connectivity index (χ0n) is 16.0. The molecular formula is C20H19F2N3O4S. The monoisotopic (exact) mass is 435 g/mol. The fourth-order valence-corrected chi connectivity index (χ4v) is 4.62. The molecule has 1 aliphatic heterocycles. The first-order valence-electron chi connectivity index (χ1n) is 9.19. The van der Waals surface area contributed by atoms with Crippen LogP contribution in [0.3, 0.4) is 0 Å². The number of nitrogens with zero attached hydrogens (tertiary/aromatic N) is 3. The second-order valence-electron chi connectivity index (χ2n) is 7.21. The van der Waals surface area contributed by atoms with E-state index in [9.17, 15) is 17.2 Å². The summed E-state index contributed by atoms with van der Waals surface area (Å²) in [5.41, 5.74) is -0.283. The Morgan fingerprint density at radius 1 is 1.23 bits per heavy atom. The molecule has 0 saturated carbocycles. The van der Waals surface area contributed by atoms with Crippen LogP contribution in [0.15, 0.2) is 60.0 Å². The Labute approximate surface area is 172 Å². The third kappa shape index (κ3) is 4.11. The third-order valence-electron chi connectivity index (χ3n) is 4.98. The van der Waals surface area contributed by atoms with Gasteiger partial charge >= 0.3 is 0 Å². The van der Waals surface area contributed by atoms with Gasteiger partial charge in [0.15, 0.2) is 0 Å². The van der Waals surface area contributed by atoms with Crippen molar-refractivity contribution in [2.75, 3.05) is 6.61 Å². The van der Waals surface area contributed by atoms with Gasteiger partial charge in [-0.25, -0.2) is 18.4 Å². The molecule has 1 saturated heterocycles. The lowest BCUT2D eigenvalue weighted by atomic mass is 9.89. The van der Waals surface area contributed by atoms with Crippen LogP contribution < -0.4 is 0 Å². The largest absolute Gasteiger partial charge is 0.365 e. The number of aromatic nitrogens is 3. The maximum atomic E-state index is 14.6. The molecule has 3 aromatic rings. The lowest BCUT2D eigenvalue weighted by Crippen LogP contribution is -2.33. The van der Waals surface area contributed by atoms with Gasteiger partial charge in [0.05, 0.1) is 18.0 Å². The minimum absolute atomic E-state index is 0.0230. The van der Waals surface area contributed by atoms with Crippen molar-refractivity contribution in [3.63, 3.8) is 0 Å². The van der Waals surface area contributed by atoms with E-state index in [-0.39, 0.29) is 30.0 Å². The highest BCUT2D eigenvalue weighted by Gasteiger charge is 2.46. The van der Waals surface area contributed by atoms with Crippen LogP contribution in [-0.2, 0) is 31.2 Å². The molecule has 0 spiro atoms. The molecule has 4 rings (SSSR count). The smallest absolute Gasteiger partial charge is 0.297 e. The van der Waals surface area contributed by atoms with Crippen molar-refractivity contribution in [2.45, 2.75) is 36.5 Å². The van der Waals surface area contributed by atoms with Gasteiger partial charge in [-0.05, 0) is 25.1 Å². The highest BCUT2D eigenvalue weighted by Crippen LogP contribution is 2.41. The summed E-state index contributed by atoms with van der Waals surface area (Å²) in [6.07, 6.45) is 1.92. The molecule has 2 aromatic carbocycles. The van der Waals surface area contributed by atoms with Crippen LogP contribution in [0.25, 0.3) is 0 Å². The highest BCUT2D eigenvalue weighted by molar-refractivity contribution is 7.86. The minimum atomic E-state index is -4.04. The van der Waals surface area contributed by atoms with E-state index in [1.807, 2.05) is 6.92 Å². The molecule has 158 valence electrons. The van der Waals surface area contributed by atoms with E-state index in [1.54, 1.807) is 12.1 Å². The lowest BCUT2D eigenvalue weighted by molar-refractivity contribution is -0.0212. The van der Waals surface area contributed by atoms with E-state index in [0.29, 0.717) is 0 Å². The summed E-state index contributed by atoms with van der Waals surface area (Å²) in [6, 6.07) is 9.44. The maximum Gasteiger partial charge on any atom is 0.297 e. The van der Waals surface area contributed by atoms with E-state index >= 15 is 0 Å². The molecule has 0 aliphatic carbocycles. The zero-order valence-corrected chi connectivity index (χ0v) is 16.9. The van der Waals surface area contributed by atoms with Gasteiger partial charge in [0, 0.05) is 18.1 Å². The first kappa shape index (κ1) is 20.6. The quantitative estimate of drug-likeness (QED) is 0.554. The summed E-state index contributed by atoms with van der Waals surface area (Å²) in [4.78, 5) is 3.89. The van der Waals surface area contributed by atoms with E-state index in [0.717, 1.165) is 17.7 Å². The molecule has 1 aliphatic rings. The van der Waals surface area contributed by atoms with Gasteiger partial charge in [0.1, 0.15) is 36.0 Å². The van der Waals surface area contributed by atoms with Crippen molar-refractivity contribution in [2.24, 2.45) is 0 Å². The summed E-state index contributed by atoms with van der Waals surface area (Å²) in [5, 5.41) is 4.02. The number of hydrogen-bond acceptors (Lipinski definition) is 6. The Morgan fingerprint density at radius 3 is 2.67 bits per heavy atom. The number of halogens is 2. The molecule has 0 unspecified atom stereocenters. The molecule has 2 atom stereocenters. The van der Waals surface area contributed by atoms with Crippen LogP contribution in [0.2, 0.25) is 0 Å². The van der Waals surface area contributed by atoms with Gasteiger partial charge in [-0.2, -0.15) is 13.5 Å². The summed E-state index contributed by atoms with van der Waals surface area (Å²) in [6.45, 7) is 1.81. The Bertz CT molecular complexity index is 1140. The first-order chi connectivity index (χ1) is 14.3. The number of rotatable bonds is 6. The lowest BCUT2D eigenvalue weighted by Gasteiger charge is -2.29. The second-order valence-corrected chi connectivity index (χ2v) is 8.78. The maximum absolute atomic E-state index is 14.6. The van der Waals surface area contributed by atoms with Gasteiger partial charge < -0.3 is 4.74 Å². The van der Waals surface area contributed by atoms with Gasteiger partial charge in [0.25, 0.3) is 10.1 Å². The molecule has 10 heteroatoms. The van der Waals surface area contributed by atoms with Crippen molar-refractivity contribution in [3.05, 3.63) is 77.9 Å². The molecular weight excluding hydrogens is 416 g/mol. The van der Waals surface area contributed by atoms with Crippen molar-refractivity contribution < 1.29 is 26.1 Å². The van der Waals surface area contributed by atoms with Crippen LogP contribution in [0.1, 0.15) is 17.5 Å². The van der Waals surface area contributed by atoms with Crippen molar-refractivity contribution >= 4 is 10.1 Å². The molecule has 0 amide bonds. The van der Waals surface area contributed by atoms with Crippen molar-refractivity contribution in [3.8, 4) is 0 Å². The van der Waals surface area contributed by atoms with Crippen LogP contribution >= 0.6 is 0 Å². The van der Waals surface area contributed by atoms with E-state index in [1.165, 1.54) is 35.5 Å². The molecule has 30 heavy (non-hydrogen) atoms.